The number of carboxylic acid groups (broad SMARTS) is 1. The molecule has 0 saturated heterocycles. The van der Waals surface area contributed by atoms with E-state index in [1.165, 1.54) is 36.4 Å². The minimum absolute atomic E-state index is 0.0214. The first kappa shape index (κ1) is 13.7. The van der Waals surface area contributed by atoms with Gasteiger partial charge in [-0.25, -0.2) is 14.2 Å². The molecule has 0 spiro atoms. The number of halogens is 1. The van der Waals surface area contributed by atoms with Gasteiger partial charge in [-0.1, -0.05) is 6.07 Å². The van der Waals surface area contributed by atoms with Crippen LogP contribution in [0.15, 0.2) is 36.4 Å². The third-order valence-corrected chi connectivity index (χ3v) is 2.62. The fraction of sp³-hybridized carbons (Fsp3) is 0.0714. The zero-order chi connectivity index (χ0) is 14.7. The predicted molar refractivity (Wildman–Crippen MR) is 70.3 cm³/mol. The molecule has 0 fully saturated rings. The predicted octanol–water partition coefficient (Wildman–Crippen LogP) is 2.48. The number of aromatic nitrogens is 1. The Balaban J connectivity index is 2.21. The van der Waals surface area contributed by atoms with Gasteiger partial charge in [0.1, 0.15) is 17.2 Å². The average molecular weight is 274 g/mol. The van der Waals surface area contributed by atoms with Crippen LogP contribution >= 0.6 is 0 Å². The number of hydrogen-bond donors (Lipinski definition) is 2. The van der Waals surface area contributed by atoms with Crippen molar-refractivity contribution in [3.05, 3.63) is 59.2 Å². The summed E-state index contributed by atoms with van der Waals surface area (Å²) >= 11 is 0. The van der Waals surface area contributed by atoms with Crippen LogP contribution in [0.5, 0.6) is 0 Å². The number of carbonyl (C=O) groups excluding carboxylic acids is 1. The molecule has 2 aromatic rings. The number of rotatable bonds is 3. The van der Waals surface area contributed by atoms with Gasteiger partial charge in [0.25, 0.3) is 5.91 Å². The summed E-state index contributed by atoms with van der Waals surface area (Å²) in [5, 5.41) is 11.3. The van der Waals surface area contributed by atoms with Crippen molar-refractivity contribution in [3.63, 3.8) is 0 Å². The van der Waals surface area contributed by atoms with Crippen LogP contribution in [-0.2, 0) is 0 Å². The highest BCUT2D eigenvalue weighted by Gasteiger charge is 2.12. The number of nitrogens with zero attached hydrogens (tertiary/aromatic N) is 1. The van der Waals surface area contributed by atoms with Crippen molar-refractivity contribution in [1.29, 1.82) is 0 Å². The van der Waals surface area contributed by atoms with E-state index in [0.29, 0.717) is 11.3 Å². The number of aromatic carboxylic acids is 1. The van der Waals surface area contributed by atoms with E-state index in [-0.39, 0.29) is 17.2 Å². The highest BCUT2D eigenvalue weighted by Crippen LogP contribution is 2.14. The summed E-state index contributed by atoms with van der Waals surface area (Å²) in [6.45, 7) is 1.58. The lowest BCUT2D eigenvalue weighted by Gasteiger charge is -2.06. The molecule has 0 aliphatic rings. The van der Waals surface area contributed by atoms with Crippen LogP contribution < -0.4 is 5.32 Å². The number of benzene rings is 1. The van der Waals surface area contributed by atoms with Crippen LogP contribution in [-0.4, -0.2) is 22.0 Å². The fourth-order valence-electron chi connectivity index (χ4n) is 1.60. The topological polar surface area (TPSA) is 79.3 Å². The van der Waals surface area contributed by atoms with Gasteiger partial charge >= 0.3 is 5.97 Å². The average Bonchev–Trinajstić information content (AvgIpc) is 2.43. The molecule has 2 rings (SSSR count). The highest BCUT2D eigenvalue weighted by atomic mass is 19.1. The van der Waals surface area contributed by atoms with E-state index in [1.54, 1.807) is 6.92 Å². The Kier molecular flexibility index (Phi) is 3.74. The molecule has 1 aromatic heterocycles. The Bertz CT molecular complexity index is 686. The summed E-state index contributed by atoms with van der Waals surface area (Å²) in [6, 6.07) is 8.27. The molecule has 0 saturated carbocycles. The van der Waals surface area contributed by atoms with Crippen molar-refractivity contribution in [2.24, 2.45) is 0 Å². The third kappa shape index (κ3) is 2.97. The molecule has 0 aliphatic heterocycles. The van der Waals surface area contributed by atoms with Gasteiger partial charge in [-0.15, -0.1) is 0 Å². The SMILES string of the molecule is Cc1cc(NC(=O)c2cccc(C(=O)O)n2)ccc1F. The first-order valence-electron chi connectivity index (χ1n) is 5.75. The van der Waals surface area contributed by atoms with Crippen LogP contribution in [0.2, 0.25) is 0 Å². The molecule has 0 aliphatic carbocycles. The Morgan fingerprint density at radius 1 is 1.20 bits per heavy atom. The minimum Gasteiger partial charge on any atom is -0.477 e. The second kappa shape index (κ2) is 5.48. The first-order chi connectivity index (χ1) is 9.47. The number of carbonyl (C=O) groups is 2. The van der Waals surface area contributed by atoms with E-state index in [1.807, 2.05) is 0 Å². The Morgan fingerprint density at radius 2 is 1.90 bits per heavy atom. The van der Waals surface area contributed by atoms with Gasteiger partial charge in [0, 0.05) is 5.69 Å². The van der Waals surface area contributed by atoms with E-state index in [0.717, 1.165) is 0 Å². The van der Waals surface area contributed by atoms with Gasteiger partial charge < -0.3 is 10.4 Å². The lowest BCUT2D eigenvalue weighted by atomic mass is 10.2. The van der Waals surface area contributed by atoms with Gasteiger partial charge in [-0.05, 0) is 42.8 Å². The maximum absolute atomic E-state index is 13.1. The summed E-state index contributed by atoms with van der Waals surface area (Å²) in [7, 11) is 0. The summed E-state index contributed by atoms with van der Waals surface area (Å²) in [5.74, 6) is -2.13. The smallest absolute Gasteiger partial charge is 0.354 e. The summed E-state index contributed by atoms with van der Waals surface area (Å²) in [6.07, 6.45) is 0. The van der Waals surface area contributed by atoms with Gasteiger partial charge in [0.15, 0.2) is 0 Å². The van der Waals surface area contributed by atoms with E-state index < -0.39 is 11.9 Å². The molecular weight excluding hydrogens is 263 g/mol. The van der Waals surface area contributed by atoms with E-state index in [4.69, 9.17) is 5.11 Å². The first-order valence-corrected chi connectivity index (χ1v) is 5.75. The Labute approximate surface area is 114 Å². The number of pyridine rings is 1. The second-order valence-corrected chi connectivity index (χ2v) is 4.13. The van der Waals surface area contributed by atoms with Crippen molar-refractivity contribution < 1.29 is 19.1 Å². The van der Waals surface area contributed by atoms with Crippen LogP contribution in [0.3, 0.4) is 0 Å². The molecule has 0 bridgehead atoms. The normalized spacial score (nSPS) is 10.1. The summed E-state index contributed by atoms with van der Waals surface area (Å²) < 4.78 is 13.1. The largest absolute Gasteiger partial charge is 0.477 e. The summed E-state index contributed by atoms with van der Waals surface area (Å²) in [5.41, 5.74) is 0.575. The maximum atomic E-state index is 13.1. The van der Waals surface area contributed by atoms with Gasteiger partial charge in [-0.2, -0.15) is 0 Å². The monoisotopic (exact) mass is 274 g/mol. The molecule has 0 unspecified atom stereocenters. The molecule has 6 heteroatoms. The minimum atomic E-state index is -1.21. The van der Waals surface area contributed by atoms with Gasteiger partial charge in [-0.3, -0.25) is 4.79 Å². The quantitative estimate of drug-likeness (QED) is 0.901. The summed E-state index contributed by atoms with van der Waals surface area (Å²) in [4.78, 5) is 26.4. The van der Waals surface area contributed by atoms with Gasteiger partial charge in [0.05, 0.1) is 0 Å². The van der Waals surface area contributed by atoms with Gasteiger partial charge in [0.2, 0.25) is 0 Å². The van der Waals surface area contributed by atoms with Crippen molar-refractivity contribution in [3.8, 4) is 0 Å². The number of amides is 1. The van der Waals surface area contributed by atoms with E-state index >= 15 is 0 Å². The molecule has 2 N–H and O–H groups in total. The second-order valence-electron chi connectivity index (χ2n) is 4.13. The van der Waals surface area contributed by atoms with Crippen molar-refractivity contribution in [2.75, 3.05) is 5.32 Å². The zero-order valence-corrected chi connectivity index (χ0v) is 10.6. The molecule has 0 radical (unpaired) electrons. The molecule has 1 heterocycles. The Hall–Kier alpha value is -2.76. The van der Waals surface area contributed by atoms with Crippen molar-refractivity contribution in [1.82, 2.24) is 4.98 Å². The number of aryl methyl sites for hydroxylation is 1. The lowest BCUT2D eigenvalue weighted by Crippen LogP contribution is -2.15. The van der Waals surface area contributed by atoms with E-state index in [9.17, 15) is 14.0 Å². The highest BCUT2D eigenvalue weighted by molar-refractivity contribution is 6.03. The number of hydrogen-bond acceptors (Lipinski definition) is 3. The van der Waals surface area contributed by atoms with Crippen molar-refractivity contribution in [2.45, 2.75) is 6.92 Å². The zero-order valence-electron chi connectivity index (χ0n) is 10.6. The van der Waals surface area contributed by atoms with Crippen molar-refractivity contribution >= 4 is 17.6 Å². The molecule has 0 atom stereocenters. The standard InChI is InChI=1S/C14H11FN2O3/c1-8-7-9(5-6-10(8)15)16-13(18)11-3-2-4-12(17-11)14(19)20/h2-7H,1H3,(H,16,18)(H,19,20). The van der Waals surface area contributed by atoms with Crippen LogP contribution in [0.1, 0.15) is 26.5 Å². The Morgan fingerprint density at radius 3 is 2.55 bits per heavy atom. The molecule has 1 aromatic carbocycles. The fourth-order valence-corrected chi connectivity index (χ4v) is 1.60. The molecule has 1 amide bonds. The number of nitrogens with one attached hydrogen (secondary N) is 1. The molecule has 102 valence electrons. The molecule has 20 heavy (non-hydrogen) atoms. The van der Waals surface area contributed by atoms with Crippen LogP contribution in [0, 0.1) is 12.7 Å². The molecular formula is C14H11FN2O3. The van der Waals surface area contributed by atoms with E-state index in [2.05, 4.69) is 10.3 Å². The van der Waals surface area contributed by atoms with Crippen LogP contribution in [0.4, 0.5) is 10.1 Å². The third-order valence-electron chi connectivity index (χ3n) is 2.62. The maximum Gasteiger partial charge on any atom is 0.354 e. The van der Waals surface area contributed by atoms with Crippen LogP contribution in [0.25, 0.3) is 0 Å². The lowest BCUT2D eigenvalue weighted by molar-refractivity contribution is 0.0690. The molecule has 5 nitrogen and oxygen atoms in total. The number of anilines is 1. The number of carboxylic acids is 1.